The quantitative estimate of drug-likeness (QED) is 0.852. The van der Waals surface area contributed by atoms with Gasteiger partial charge in [0.1, 0.15) is 0 Å². The topological polar surface area (TPSA) is 33.2 Å². The molecule has 0 atom stereocenters. The molecule has 1 amide bonds. The molecule has 0 saturated heterocycles. The zero-order valence-corrected chi connectivity index (χ0v) is 13.3. The summed E-state index contributed by atoms with van der Waals surface area (Å²) in [4.78, 5) is 18.7. The van der Waals surface area contributed by atoms with Crippen molar-refractivity contribution in [2.45, 2.75) is 33.4 Å². The van der Waals surface area contributed by atoms with Gasteiger partial charge in [0.2, 0.25) is 0 Å². The first-order valence-electron chi connectivity index (χ1n) is 6.96. The lowest BCUT2D eigenvalue weighted by Crippen LogP contribution is -2.36. The van der Waals surface area contributed by atoms with Gasteiger partial charge in [0.25, 0.3) is 5.91 Å². The van der Waals surface area contributed by atoms with E-state index in [4.69, 9.17) is 11.6 Å². The molecule has 1 aromatic carbocycles. The third-order valence-corrected chi connectivity index (χ3v) is 3.61. The SMILES string of the molecule is Cc1cc(Cl)c(C(=O)N(Cc2ccccc2)C(C)C)cn1. The monoisotopic (exact) mass is 302 g/mol. The number of benzene rings is 1. The minimum absolute atomic E-state index is 0.0788. The van der Waals surface area contributed by atoms with Crippen LogP contribution in [0.4, 0.5) is 0 Å². The summed E-state index contributed by atoms with van der Waals surface area (Å²) in [6.07, 6.45) is 1.56. The Labute approximate surface area is 130 Å². The number of hydrogen-bond donors (Lipinski definition) is 0. The molecule has 0 aliphatic carbocycles. The first kappa shape index (κ1) is 15.5. The summed E-state index contributed by atoms with van der Waals surface area (Å²) in [5.41, 5.74) is 2.35. The molecule has 0 unspecified atom stereocenters. The third-order valence-electron chi connectivity index (χ3n) is 3.30. The number of rotatable bonds is 4. The van der Waals surface area contributed by atoms with E-state index in [1.54, 1.807) is 17.2 Å². The van der Waals surface area contributed by atoms with E-state index in [1.807, 2.05) is 51.1 Å². The number of nitrogens with zero attached hydrogens (tertiary/aromatic N) is 2. The Morgan fingerprint density at radius 1 is 1.29 bits per heavy atom. The second-order valence-electron chi connectivity index (χ2n) is 5.32. The highest BCUT2D eigenvalue weighted by molar-refractivity contribution is 6.33. The first-order valence-corrected chi connectivity index (χ1v) is 7.34. The predicted octanol–water partition coefficient (Wildman–Crippen LogP) is 4.09. The highest BCUT2D eigenvalue weighted by atomic mass is 35.5. The Balaban J connectivity index is 2.27. The molecule has 0 bridgehead atoms. The Hall–Kier alpha value is -1.87. The van der Waals surface area contributed by atoms with Crippen LogP contribution in [0.15, 0.2) is 42.6 Å². The molecule has 3 nitrogen and oxygen atoms in total. The molecule has 0 N–H and O–H groups in total. The van der Waals surface area contributed by atoms with Crippen LogP contribution in [0.1, 0.15) is 35.5 Å². The summed E-state index contributed by atoms with van der Waals surface area (Å²) in [6.45, 7) is 6.40. The zero-order valence-electron chi connectivity index (χ0n) is 12.5. The van der Waals surface area contributed by atoms with E-state index in [1.165, 1.54) is 0 Å². The number of carbonyl (C=O) groups excluding carboxylic acids is 1. The average molecular weight is 303 g/mol. The minimum Gasteiger partial charge on any atom is -0.332 e. The molecule has 4 heteroatoms. The number of pyridine rings is 1. The highest BCUT2D eigenvalue weighted by Crippen LogP contribution is 2.20. The van der Waals surface area contributed by atoms with Crippen molar-refractivity contribution < 1.29 is 4.79 Å². The van der Waals surface area contributed by atoms with Gasteiger partial charge in [-0.15, -0.1) is 0 Å². The van der Waals surface area contributed by atoms with Crippen molar-refractivity contribution in [2.24, 2.45) is 0 Å². The van der Waals surface area contributed by atoms with Crippen LogP contribution in [0.5, 0.6) is 0 Å². The molecule has 1 heterocycles. The van der Waals surface area contributed by atoms with E-state index in [2.05, 4.69) is 4.98 Å². The Kier molecular flexibility index (Phi) is 4.97. The Morgan fingerprint density at radius 3 is 2.52 bits per heavy atom. The van der Waals surface area contributed by atoms with Gasteiger partial charge < -0.3 is 4.90 Å². The lowest BCUT2D eigenvalue weighted by Gasteiger charge is -2.27. The van der Waals surface area contributed by atoms with Gasteiger partial charge in [-0.2, -0.15) is 0 Å². The van der Waals surface area contributed by atoms with E-state index in [0.29, 0.717) is 17.1 Å². The second-order valence-corrected chi connectivity index (χ2v) is 5.73. The van der Waals surface area contributed by atoms with E-state index in [-0.39, 0.29) is 11.9 Å². The number of amides is 1. The zero-order chi connectivity index (χ0) is 15.4. The van der Waals surface area contributed by atoms with Crippen molar-refractivity contribution in [1.82, 2.24) is 9.88 Å². The van der Waals surface area contributed by atoms with E-state index >= 15 is 0 Å². The maximum Gasteiger partial charge on any atom is 0.257 e. The lowest BCUT2D eigenvalue weighted by atomic mass is 10.1. The third kappa shape index (κ3) is 3.82. The molecule has 0 aliphatic heterocycles. The maximum atomic E-state index is 12.7. The summed E-state index contributed by atoms with van der Waals surface area (Å²) in [5, 5.41) is 0.450. The summed E-state index contributed by atoms with van der Waals surface area (Å²) >= 11 is 6.19. The molecule has 0 fully saturated rings. The van der Waals surface area contributed by atoms with Crippen LogP contribution >= 0.6 is 11.6 Å². The highest BCUT2D eigenvalue weighted by Gasteiger charge is 2.21. The molecule has 1 aromatic heterocycles. The van der Waals surface area contributed by atoms with Gasteiger partial charge in [-0.25, -0.2) is 0 Å². The van der Waals surface area contributed by atoms with Gasteiger partial charge in [0, 0.05) is 24.5 Å². The maximum absolute atomic E-state index is 12.7. The largest absolute Gasteiger partial charge is 0.332 e. The number of carbonyl (C=O) groups is 1. The number of aryl methyl sites for hydroxylation is 1. The summed E-state index contributed by atoms with van der Waals surface area (Å²) < 4.78 is 0. The van der Waals surface area contributed by atoms with Crippen molar-refractivity contribution in [3.63, 3.8) is 0 Å². The van der Waals surface area contributed by atoms with E-state index in [9.17, 15) is 4.79 Å². The number of halogens is 1. The van der Waals surface area contributed by atoms with Gasteiger partial charge in [-0.05, 0) is 32.4 Å². The lowest BCUT2D eigenvalue weighted by molar-refractivity contribution is 0.0690. The fourth-order valence-electron chi connectivity index (χ4n) is 2.11. The van der Waals surface area contributed by atoms with E-state index in [0.717, 1.165) is 11.3 Å². The molecule has 110 valence electrons. The molecule has 0 aliphatic rings. The number of hydrogen-bond acceptors (Lipinski definition) is 2. The van der Waals surface area contributed by atoms with Crippen molar-refractivity contribution in [1.29, 1.82) is 0 Å². The smallest absolute Gasteiger partial charge is 0.257 e. The van der Waals surface area contributed by atoms with Crippen LogP contribution in [0, 0.1) is 6.92 Å². The average Bonchev–Trinajstić information content (AvgIpc) is 2.45. The molecule has 0 saturated carbocycles. The van der Waals surface area contributed by atoms with Crippen LogP contribution in [-0.4, -0.2) is 21.8 Å². The van der Waals surface area contributed by atoms with Gasteiger partial charge in [-0.1, -0.05) is 41.9 Å². The van der Waals surface area contributed by atoms with Crippen molar-refractivity contribution in [3.05, 3.63) is 64.4 Å². The van der Waals surface area contributed by atoms with Crippen LogP contribution in [0.3, 0.4) is 0 Å². The van der Waals surface area contributed by atoms with Crippen LogP contribution in [-0.2, 0) is 6.54 Å². The van der Waals surface area contributed by atoms with E-state index < -0.39 is 0 Å². The molecule has 21 heavy (non-hydrogen) atoms. The van der Waals surface area contributed by atoms with Gasteiger partial charge in [0.15, 0.2) is 0 Å². The normalized spacial score (nSPS) is 10.7. The van der Waals surface area contributed by atoms with Gasteiger partial charge in [0.05, 0.1) is 10.6 Å². The fourth-order valence-corrected chi connectivity index (χ4v) is 2.40. The molecular formula is C17H19ClN2O. The number of aromatic nitrogens is 1. The first-order chi connectivity index (χ1) is 9.99. The minimum atomic E-state index is -0.0913. The molecule has 2 aromatic rings. The van der Waals surface area contributed by atoms with Crippen LogP contribution < -0.4 is 0 Å². The van der Waals surface area contributed by atoms with Crippen LogP contribution in [0.2, 0.25) is 5.02 Å². The van der Waals surface area contributed by atoms with Gasteiger partial charge >= 0.3 is 0 Å². The van der Waals surface area contributed by atoms with Gasteiger partial charge in [-0.3, -0.25) is 9.78 Å². The fraction of sp³-hybridized carbons (Fsp3) is 0.294. The molecule has 0 spiro atoms. The molecule has 2 rings (SSSR count). The second kappa shape index (κ2) is 6.72. The summed E-state index contributed by atoms with van der Waals surface area (Å²) in [6, 6.07) is 11.7. The Morgan fingerprint density at radius 2 is 1.95 bits per heavy atom. The van der Waals surface area contributed by atoms with Crippen molar-refractivity contribution in [2.75, 3.05) is 0 Å². The van der Waals surface area contributed by atoms with Crippen molar-refractivity contribution >= 4 is 17.5 Å². The standard InChI is InChI=1S/C17H19ClN2O/c1-12(2)20(11-14-7-5-4-6-8-14)17(21)15-10-19-13(3)9-16(15)18/h4-10,12H,11H2,1-3H3. The summed E-state index contributed by atoms with van der Waals surface area (Å²) in [7, 11) is 0. The van der Waals surface area contributed by atoms with Crippen molar-refractivity contribution in [3.8, 4) is 0 Å². The summed E-state index contributed by atoms with van der Waals surface area (Å²) in [5.74, 6) is -0.0913. The molecular weight excluding hydrogens is 284 g/mol. The molecule has 0 radical (unpaired) electrons. The Bertz CT molecular complexity index is 626. The van der Waals surface area contributed by atoms with Crippen LogP contribution in [0.25, 0.3) is 0 Å². The predicted molar refractivity (Wildman–Crippen MR) is 85.4 cm³/mol.